The Morgan fingerprint density at radius 3 is 2.50 bits per heavy atom. The van der Waals surface area contributed by atoms with E-state index in [0.717, 1.165) is 27.6 Å². The van der Waals surface area contributed by atoms with Crippen molar-refractivity contribution in [2.24, 2.45) is 4.99 Å². The minimum atomic E-state index is 0.152. The van der Waals surface area contributed by atoms with Crippen molar-refractivity contribution in [3.8, 4) is 17.2 Å². The Kier molecular flexibility index (Phi) is 5.26. The topological polar surface area (TPSA) is 51.0 Å². The lowest BCUT2D eigenvalue weighted by atomic mass is 10.00. The Balaban J connectivity index is 1.80. The molecule has 0 fully saturated rings. The maximum absolute atomic E-state index is 10.6. The first kappa shape index (κ1) is 18.4. The van der Waals surface area contributed by atoms with Gasteiger partial charge in [0.2, 0.25) is 0 Å². The number of benzene rings is 3. The van der Waals surface area contributed by atoms with E-state index in [2.05, 4.69) is 18.2 Å². The van der Waals surface area contributed by atoms with E-state index in [4.69, 9.17) is 14.5 Å². The Bertz CT molecular complexity index is 1030. The van der Waals surface area contributed by atoms with E-state index in [0.29, 0.717) is 12.2 Å². The SMILES string of the molecule is COc1cccc(C2CC(c3ccc(OC)cc3O)=Nc3ccccc3S2)c1. The van der Waals surface area contributed by atoms with Gasteiger partial charge in [0.15, 0.2) is 0 Å². The van der Waals surface area contributed by atoms with Crippen LogP contribution in [0.25, 0.3) is 0 Å². The summed E-state index contributed by atoms with van der Waals surface area (Å²) in [7, 11) is 3.26. The van der Waals surface area contributed by atoms with Crippen molar-refractivity contribution in [2.75, 3.05) is 14.2 Å². The van der Waals surface area contributed by atoms with Crippen LogP contribution in [0, 0.1) is 0 Å². The Morgan fingerprint density at radius 1 is 0.929 bits per heavy atom. The van der Waals surface area contributed by atoms with Crippen molar-refractivity contribution in [2.45, 2.75) is 16.6 Å². The number of aliphatic imine (C=N–C) groups is 1. The van der Waals surface area contributed by atoms with Crippen molar-refractivity contribution in [1.82, 2.24) is 0 Å². The molecule has 1 N–H and O–H groups in total. The third kappa shape index (κ3) is 3.71. The van der Waals surface area contributed by atoms with Gasteiger partial charge < -0.3 is 14.6 Å². The molecular weight excluding hydrogens is 370 g/mol. The summed E-state index contributed by atoms with van der Waals surface area (Å²) in [6.45, 7) is 0. The van der Waals surface area contributed by atoms with Crippen LogP contribution in [-0.2, 0) is 0 Å². The van der Waals surface area contributed by atoms with Crippen LogP contribution in [-0.4, -0.2) is 25.0 Å². The molecule has 3 aromatic rings. The van der Waals surface area contributed by atoms with Gasteiger partial charge in [-0.2, -0.15) is 0 Å². The minimum Gasteiger partial charge on any atom is -0.507 e. The molecule has 0 aromatic heterocycles. The van der Waals surface area contributed by atoms with Crippen LogP contribution in [0.15, 0.2) is 76.6 Å². The molecule has 0 saturated carbocycles. The van der Waals surface area contributed by atoms with Gasteiger partial charge in [0.05, 0.1) is 25.6 Å². The van der Waals surface area contributed by atoms with Gasteiger partial charge in [-0.05, 0) is 42.0 Å². The van der Waals surface area contributed by atoms with E-state index in [1.54, 1.807) is 32.0 Å². The molecule has 0 aliphatic carbocycles. The van der Waals surface area contributed by atoms with Gasteiger partial charge in [-0.1, -0.05) is 24.3 Å². The number of rotatable bonds is 4. The van der Waals surface area contributed by atoms with E-state index in [1.165, 1.54) is 5.56 Å². The number of ether oxygens (including phenoxy) is 2. The zero-order chi connectivity index (χ0) is 19.5. The molecular formula is C23H21NO3S. The van der Waals surface area contributed by atoms with Gasteiger partial charge >= 0.3 is 0 Å². The van der Waals surface area contributed by atoms with Gasteiger partial charge in [-0.25, -0.2) is 0 Å². The zero-order valence-electron chi connectivity index (χ0n) is 15.8. The fourth-order valence-electron chi connectivity index (χ4n) is 3.29. The molecule has 5 heteroatoms. The van der Waals surface area contributed by atoms with Crippen molar-refractivity contribution < 1.29 is 14.6 Å². The quantitative estimate of drug-likeness (QED) is 0.614. The van der Waals surface area contributed by atoms with Crippen LogP contribution < -0.4 is 9.47 Å². The third-order valence-corrected chi connectivity index (χ3v) is 6.07. The van der Waals surface area contributed by atoms with Crippen LogP contribution in [0.2, 0.25) is 0 Å². The average molecular weight is 391 g/mol. The summed E-state index contributed by atoms with van der Waals surface area (Å²) in [5.74, 6) is 1.63. The lowest BCUT2D eigenvalue weighted by Gasteiger charge is -2.17. The first-order valence-corrected chi connectivity index (χ1v) is 9.90. The second-order valence-corrected chi connectivity index (χ2v) is 7.74. The minimum absolute atomic E-state index is 0.152. The number of phenols is 1. The predicted octanol–water partition coefficient (Wildman–Crippen LogP) is 5.77. The van der Waals surface area contributed by atoms with Crippen molar-refractivity contribution in [3.05, 3.63) is 77.9 Å². The highest BCUT2D eigenvalue weighted by Gasteiger charge is 2.24. The second-order valence-electron chi connectivity index (χ2n) is 6.50. The fourth-order valence-corrected chi connectivity index (χ4v) is 4.51. The monoisotopic (exact) mass is 391 g/mol. The van der Waals surface area contributed by atoms with Gasteiger partial charge in [-0.3, -0.25) is 4.99 Å². The first-order chi connectivity index (χ1) is 13.7. The third-order valence-electron chi connectivity index (χ3n) is 4.75. The molecule has 4 nitrogen and oxygen atoms in total. The average Bonchev–Trinajstić information content (AvgIpc) is 2.93. The molecule has 0 spiro atoms. The van der Waals surface area contributed by atoms with Gasteiger partial charge in [0, 0.05) is 28.2 Å². The van der Waals surface area contributed by atoms with Crippen molar-refractivity contribution >= 4 is 23.2 Å². The number of hydrogen-bond acceptors (Lipinski definition) is 5. The Labute approximate surface area is 168 Å². The highest BCUT2D eigenvalue weighted by Crippen LogP contribution is 2.46. The lowest BCUT2D eigenvalue weighted by Crippen LogP contribution is -2.06. The molecule has 3 aromatic carbocycles. The molecule has 0 saturated heterocycles. The van der Waals surface area contributed by atoms with E-state index in [-0.39, 0.29) is 11.0 Å². The maximum atomic E-state index is 10.6. The molecule has 4 rings (SSSR count). The molecule has 0 bridgehead atoms. The molecule has 1 unspecified atom stereocenters. The molecule has 1 atom stereocenters. The number of methoxy groups -OCH3 is 2. The summed E-state index contributed by atoms with van der Waals surface area (Å²) < 4.78 is 10.6. The van der Waals surface area contributed by atoms with E-state index in [9.17, 15) is 5.11 Å². The van der Waals surface area contributed by atoms with Gasteiger partial charge in [0.1, 0.15) is 17.2 Å². The van der Waals surface area contributed by atoms with Crippen molar-refractivity contribution in [1.29, 1.82) is 0 Å². The number of thioether (sulfide) groups is 1. The number of nitrogens with zero attached hydrogens (tertiary/aromatic N) is 1. The summed E-state index contributed by atoms with van der Waals surface area (Å²) in [6.07, 6.45) is 0.687. The number of fused-ring (bicyclic) bond motifs is 1. The maximum Gasteiger partial charge on any atom is 0.128 e. The van der Waals surface area contributed by atoms with Crippen LogP contribution in [0.4, 0.5) is 5.69 Å². The zero-order valence-corrected chi connectivity index (χ0v) is 16.6. The predicted molar refractivity (Wildman–Crippen MR) is 114 cm³/mol. The van der Waals surface area contributed by atoms with Crippen LogP contribution >= 0.6 is 11.8 Å². The van der Waals surface area contributed by atoms with Crippen LogP contribution in [0.5, 0.6) is 17.2 Å². The summed E-state index contributed by atoms with van der Waals surface area (Å²) in [5.41, 5.74) is 3.67. The number of phenolic OH excluding ortho intramolecular Hbond substituents is 1. The standard InChI is InChI=1S/C23H21NO3S/c1-26-16-7-5-6-15(12-16)23-14-20(18-11-10-17(27-2)13-21(18)25)24-19-8-3-4-9-22(19)28-23/h3-13,23,25H,14H2,1-2H3. The van der Waals surface area contributed by atoms with E-state index >= 15 is 0 Å². The molecule has 0 radical (unpaired) electrons. The normalized spacial score (nSPS) is 15.9. The highest BCUT2D eigenvalue weighted by atomic mass is 32.2. The Hall–Kier alpha value is -2.92. The summed E-state index contributed by atoms with van der Waals surface area (Å²) in [6, 6.07) is 21.6. The van der Waals surface area contributed by atoms with Crippen LogP contribution in [0.1, 0.15) is 22.8 Å². The molecule has 1 heterocycles. The van der Waals surface area contributed by atoms with Crippen molar-refractivity contribution in [3.63, 3.8) is 0 Å². The van der Waals surface area contributed by atoms with E-state index in [1.807, 2.05) is 42.5 Å². The molecule has 1 aliphatic heterocycles. The van der Waals surface area contributed by atoms with Crippen LogP contribution in [0.3, 0.4) is 0 Å². The number of aromatic hydroxyl groups is 1. The number of para-hydroxylation sites is 1. The molecule has 142 valence electrons. The summed E-state index contributed by atoms with van der Waals surface area (Å²) in [4.78, 5) is 6.03. The van der Waals surface area contributed by atoms with Gasteiger partial charge in [0.25, 0.3) is 0 Å². The fraction of sp³-hybridized carbons (Fsp3) is 0.174. The summed E-state index contributed by atoms with van der Waals surface area (Å²) in [5, 5.41) is 10.7. The lowest BCUT2D eigenvalue weighted by molar-refractivity contribution is 0.407. The largest absolute Gasteiger partial charge is 0.507 e. The highest BCUT2D eigenvalue weighted by molar-refractivity contribution is 7.99. The van der Waals surface area contributed by atoms with Gasteiger partial charge in [-0.15, -0.1) is 11.8 Å². The Morgan fingerprint density at radius 2 is 1.71 bits per heavy atom. The molecule has 28 heavy (non-hydrogen) atoms. The smallest absolute Gasteiger partial charge is 0.128 e. The number of hydrogen-bond donors (Lipinski definition) is 1. The van der Waals surface area contributed by atoms with E-state index < -0.39 is 0 Å². The molecule has 0 amide bonds. The molecule has 1 aliphatic rings. The second kappa shape index (κ2) is 7.98. The summed E-state index contributed by atoms with van der Waals surface area (Å²) >= 11 is 1.79. The first-order valence-electron chi connectivity index (χ1n) is 9.02.